The molecular weight excluding hydrogens is 322 g/mol. The first-order chi connectivity index (χ1) is 9.31. The quantitative estimate of drug-likeness (QED) is 0.808. The lowest BCUT2D eigenvalue weighted by Gasteiger charge is -2.26. The molecule has 4 nitrogen and oxygen atoms in total. The molecule has 1 rings (SSSR count). The van der Waals surface area contributed by atoms with Gasteiger partial charge in [-0.05, 0) is 32.8 Å². The molecule has 2 N–H and O–H groups in total. The highest BCUT2D eigenvalue weighted by molar-refractivity contribution is 9.09. The lowest BCUT2D eigenvalue weighted by Crippen LogP contribution is -2.47. The van der Waals surface area contributed by atoms with Crippen LogP contribution >= 0.6 is 15.9 Å². The Bertz CT molecular complexity index is 417. The van der Waals surface area contributed by atoms with Gasteiger partial charge in [0.1, 0.15) is 5.60 Å². The minimum Gasteiger partial charge on any atom is -0.444 e. The standard InChI is InChI=1S/C15H22BrNO3/c1-15(2,3)20-14(19)17-12(13(18)10-16)9-11-7-5-4-6-8-11/h4-8,12-13,18H,9-10H2,1-3H3,(H,17,19)/t12-,13-/m1/s1. The Morgan fingerprint density at radius 2 is 1.95 bits per heavy atom. The van der Waals surface area contributed by atoms with Gasteiger partial charge in [0, 0.05) is 5.33 Å². The molecule has 1 aromatic carbocycles. The van der Waals surface area contributed by atoms with Crippen LogP contribution in [0.1, 0.15) is 26.3 Å². The van der Waals surface area contributed by atoms with Crippen molar-refractivity contribution in [2.45, 2.75) is 44.9 Å². The van der Waals surface area contributed by atoms with Gasteiger partial charge in [-0.25, -0.2) is 4.79 Å². The number of aliphatic hydroxyl groups is 1. The Balaban J connectivity index is 2.68. The van der Waals surface area contributed by atoms with Crippen molar-refractivity contribution in [1.82, 2.24) is 5.32 Å². The van der Waals surface area contributed by atoms with E-state index < -0.39 is 23.8 Å². The molecule has 0 aliphatic rings. The molecule has 1 amide bonds. The van der Waals surface area contributed by atoms with Gasteiger partial charge in [0.2, 0.25) is 0 Å². The molecule has 0 saturated heterocycles. The van der Waals surface area contributed by atoms with Crippen molar-refractivity contribution < 1.29 is 14.6 Å². The van der Waals surface area contributed by atoms with Gasteiger partial charge in [-0.3, -0.25) is 0 Å². The monoisotopic (exact) mass is 343 g/mol. The predicted octanol–water partition coefficient (Wildman–Crippen LogP) is 2.88. The van der Waals surface area contributed by atoms with E-state index in [1.807, 2.05) is 30.3 Å². The number of carbonyl (C=O) groups is 1. The maximum atomic E-state index is 11.8. The summed E-state index contributed by atoms with van der Waals surface area (Å²) < 4.78 is 5.22. The van der Waals surface area contributed by atoms with Gasteiger partial charge >= 0.3 is 6.09 Å². The highest BCUT2D eigenvalue weighted by Crippen LogP contribution is 2.11. The predicted molar refractivity (Wildman–Crippen MR) is 83.1 cm³/mol. The second-order valence-corrected chi connectivity index (χ2v) is 6.31. The first-order valence-corrected chi connectivity index (χ1v) is 7.71. The van der Waals surface area contributed by atoms with Crippen molar-refractivity contribution in [2.24, 2.45) is 0 Å². The number of nitrogens with one attached hydrogen (secondary N) is 1. The van der Waals surface area contributed by atoms with Crippen LogP contribution in [0.3, 0.4) is 0 Å². The number of carbonyl (C=O) groups excluding carboxylic acids is 1. The highest BCUT2D eigenvalue weighted by Gasteiger charge is 2.24. The van der Waals surface area contributed by atoms with Crippen LogP contribution in [0.5, 0.6) is 0 Å². The van der Waals surface area contributed by atoms with Crippen LogP contribution in [0.2, 0.25) is 0 Å². The van der Waals surface area contributed by atoms with E-state index in [4.69, 9.17) is 4.74 Å². The molecule has 0 fully saturated rings. The van der Waals surface area contributed by atoms with Crippen LogP contribution in [0.25, 0.3) is 0 Å². The molecule has 5 heteroatoms. The topological polar surface area (TPSA) is 58.6 Å². The second kappa shape index (κ2) is 7.64. The van der Waals surface area contributed by atoms with E-state index >= 15 is 0 Å². The fourth-order valence-corrected chi connectivity index (χ4v) is 2.17. The number of ether oxygens (including phenoxy) is 1. The van der Waals surface area contributed by atoms with Crippen molar-refractivity contribution in [1.29, 1.82) is 0 Å². The van der Waals surface area contributed by atoms with E-state index in [9.17, 15) is 9.90 Å². The third-order valence-electron chi connectivity index (χ3n) is 2.62. The zero-order valence-electron chi connectivity index (χ0n) is 12.1. The van der Waals surface area contributed by atoms with E-state index in [1.165, 1.54) is 0 Å². The average molecular weight is 344 g/mol. The Morgan fingerprint density at radius 3 is 2.45 bits per heavy atom. The maximum Gasteiger partial charge on any atom is 0.407 e. The summed E-state index contributed by atoms with van der Waals surface area (Å²) >= 11 is 3.24. The van der Waals surface area contributed by atoms with Crippen LogP contribution < -0.4 is 5.32 Å². The number of aliphatic hydroxyl groups excluding tert-OH is 1. The molecule has 0 saturated carbocycles. The first kappa shape index (κ1) is 17.0. The molecular formula is C15H22BrNO3. The minimum absolute atomic E-state index is 0.389. The largest absolute Gasteiger partial charge is 0.444 e. The highest BCUT2D eigenvalue weighted by atomic mass is 79.9. The second-order valence-electron chi connectivity index (χ2n) is 5.66. The summed E-state index contributed by atoms with van der Waals surface area (Å²) in [6.07, 6.45) is -0.645. The zero-order valence-corrected chi connectivity index (χ0v) is 13.7. The molecule has 0 aliphatic carbocycles. The van der Waals surface area contributed by atoms with Crippen molar-refractivity contribution >= 4 is 22.0 Å². The molecule has 0 aliphatic heterocycles. The molecule has 20 heavy (non-hydrogen) atoms. The van der Waals surface area contributed by atoms with Crippen LogP contribution in [-0.2, 0) is 11.2 Å². The molecule has 1 aromatic rings. The number of alkyl halides is 1. The number of rotatable bonds is 5. The molecule has 0 radical (unpaired) electrons. The SMILES string of the molecule is CC(C)(C)OC(=O)N[C@H](Cc1ccccc1)[C@H](O)CBr. The Kier molecular flexibility index (Phi) is 6.49. The van der Waals surface area contributed by atoms with E-state index in [0.717, 1.165) is 5.56 Å². The van der Waals surface area contributed by atoms with Gasteiger partial charge < -0.3 is 15.2 Å². The number of benzene rings is 1. The van der Waals surface area contributed by atoms with Gasteiger partial charge in [-0.15, -0.1) is 0 Å². The maximum absolute atomic E-state index is 11.8. The molecule has 2 atom stereocenters. The van der Waals surface area contributed by atoms with E-state index in [1.54, 1.807) is 20.8 Å². The summed E-state index contributed by atoms with van der Waals surface area (Å²) in [4.78, 5) is 11.8. The number of halogens is 1. The van der Waals surface area contributed by atoms with Crippen molar-refractivity contribution in [3.8, 4) is 0 Å². The Morgan fingerprint density at radius 1 is 1.35 bits per heavy atom. The van der Waals surface area contributed by atoms with Gasteiger partial charge in [-0.1, -0.05) is 46.3 Å². The van der Waals surface area contributed by atoms with E-state index in [2.05, 4.69) is 21.2 Å². The normalized spacial score (nSPS) is 14.4. The van der Waals surface area contributed by atoms with Crippen molar-refractivity contribution in [3.05, 3.63) is 35.9 Å². The summed E-state index contributed by atoms with van der Waals surface area (Å²) in [6, 6.07) is 9.32. The lowest BCUT2D eigenvalue weighted by molar-refractivity contribution is 0.0442. The van der Waals surface area contributed by atoms with E-state index in [0.29, 0.717) is 11.8 Å². The molecule has 0 heterocycles. The number of hydrogen-bond acceptors (Lipinski definition) is 3. The molecule has 0 aromatic heterocycles. The van der Waals surface area contributed by atoms with E-state index in [-0.39, 0.29) is 0 Å². The van der Waals surface area contributed by atoms with Crippen LogP contribution in [-0.4, -0.2) is 34.3 Å². The van der Waals surface area contributed by atoms with Gasteiger partial charge in [0.05, 0.1) is 12.1 Å². The summed E-state index contributed by atoms with van der Waals surface area (Å²) in [6.45, 7) is 5.42. The van der Waals surface area contributed by atoms with Gasteiger partial charge in [0.25, 0.3) is 0 Å². The minimum atomic E-state index is -0.678. The third kappa shape index (κ3) is 6.39. The average Bonchev–Trinajstić information content (AvgIpc) is 2.36. The fourth-order valence-electron chi connectivity index (χ4n) is 1.72. The number of amides is 1. The molecule has 0 bridgehead atoms. The molecule has 112 valence electrons. The number of hydrogen-bond donors (Lipinski definition) is 2. The fraction of sp³-hybridized carbons (Fsp3) is 0.533. The smallest absolute Gasteiger partial charge is 0.407 e. The number of alkyl carbamates (subject to hydrolysis) is 1. The van der Waals surface area contributed by atoms with Crippen LogP contribution in [0, 0.1) is 0 Å². The Hall–Kier alpha value is -1.07. The summed E-state index contributed by atoms with van der Waals surface area (Å²) in [7, 11) is 0. The first-order valence-electron chi connectivity index (χ1n) is 6.59. The van der Waals surface area contributed by atoms with Gasteiger partial charge in [0.15, 0.2) is 0 Å². The van der Waals surface area contributed by atoms with Gasteiger partial charge in [-0.2, -0.15) is 0 Å². The van der Waals surface area contributed by atoms with Crippen LogP contribution in [0.4, 0.5) is 4.79 Å². The Labute approximate surface area is 128 Å². The summed E-state index contributed by atoms with van der Waals surface area (Å²) in [5.41, 5.74) is 0.495. The zero-order chi connectivity index (χ0) is 15.2. The lowest BCUT2D eigenvalue weighted by atomic mass is 10.0. The van der Waals surface area contributed by atoms with Crippen LogP contribution in [0.15, 0.2) is 30.3 Å². The van der Waals surface area contributed by atoms with Crippen molar-refractivity contribution in [3.63, 3.8) is 0 Å². The molecule has 0 spiro atoms. The summed E-state index contributed by atoms with van der Waals surface area (Å²) in [5.74, 6) is 0. The third-order valence-corrected chi connectivity index (χ3v) is 3.29. The summed E-state index contributed by atoms with van der Waals surface area (Å²) in [5, 5.41) is 13.1. The molecule has 0 unspecified atom stereocenters. The van der Waals surface area contributed by atoms with Crippen molar-refractivity contribution in [2.75, 3.05) is 5.33 Å².